The van der Waals surface area contributed by atoms with Gasteiger partial charge in [-0.2, -0.15) is 0 Å². The van der Waals surface area contributed by atoms with Gasteiger partial charge in [0.05, 0.1) is 5.38 Å². The molecule has 1 unspecified atom stereocenters. The van der Waals surface area contributed by atoms with Crippen LogP contribution in [0.1, 0.15) is 12.5 Å². The van der Waals surface area contributed by atoms with Gasteiger partial charge in [-0.3, -0.25) is 0 Å². The molecule has 0 saturated carbocycles. The average Bonchev–Trinajstić information content (AvgIpc) is 2.06. The van der Waals surface area contributed by atoms with Crippen molar-refractivity contribution in [3.05, 3.63) is 48.0 Å². The maximum atomic E-state index is 6.03. The first-order valence-electron chi connectivity index (χ1n) is 4.13. The first kappa shape index (κ1) is 9.34. The van der Waals surface area contributed by atoms with E-state index in [1.807, 2.05) is 37.3 Å². The van der Waals surface area contributed by atoms with E-state index in [1.165, 1.54) is 5.56 Å². The highest BCUT2D eigenvalue weighted by atomic mass is 35.5. The Morgan fingerprint density at radius 2 is 2.00 bits per heavy atom. The van der Waals surface area contributed by atoms with Gasteiger partial charge in [0.1, 0.15) is 0 Å². The lowest BCUT2D eigenvalue weighted by molar-refractivity contribution is 1.01. The molecule has 0 aliphatic heterocycles. The highest BCUT2D eigenvalue weighted by Crippen LogP contribution is 2.08. The second-order valence-electron chi connectivity index (χ2n) is 2.73. The molecule has 12 heavy (non-hydrogen) atoms. The maximum Gasteiger partial charge on any atom is 0.0556 e. The summed E-state index contributed by atoms with van der Waals surface area (Å²) in [5, 5.41) is 0.123. The van der Waals surface area contributed by atoms with Gasteiger partial charge in [0, 0.05) is 0 Å². The average molecular weight is 181 g/mol. The van der Waals surface area contributed by atoms with Crippen molar-refractivity contribution in [2.75, 3.05) is 0 Å². The largest absolute Gasteiger partial charge is 0.118 e. The van der Waals surface area contributed by atoms with E-state index in [4.69, 9.17) is 11.6 Å². The Kier molecular flexibility index (Phi) is 3.89. The molecule has 0 aliphatic rings. The number of rotatable bonds is 3. The molecule has 0 amide bonds. The zero-order valence-electron chi connectivity index (χ0n) is 7.20. The Labute approximate surface area is 78.9 Å². The Morgan fingerprint density at radius 3 is 2.58 bits per heavy atom. The molecule has 1 aromatic carbocycles. The van der Waals surface area contributed by atoms with Gasteiger partial charge in [-0.1, -0.05) is 42.5 Å². The number of alkyl halides is 1. The molecule has 0 nitrogen and oxygen atoms in total. The van der Waals surface area contributed by atoms with E-state index in [0.29, 0.717) is 0 Å². The SMILES string of the molecule is CC=CC(Cl)Cc1ccccc1. The highest BCUT2D eigenvalue weighted by molar-refractivity contribution is 6.21. The molecule has 0 saturated heterocycles. The van der Waals surface area contributed by atoms with Crippen LogP contribution in [0.25, 0.3) is 0 Å². The van der Waals surface area contributed by atoms with Gasteiger partial charge in [0.25, 0.3) is 0 Å². The molecule has 1 rings (SSSR count). The Morgan fingerprint density at radius 1 is 1.33 bits per heavy atom. The molecule has 1 heteroatoms. The summed E-state index contributed by atoms with van der Waals surface area (Å²) in [6.45, 7) is 1.99. The molecule has 0 radical (unpaired) electrons. The number of hydrogen-bond donors (Lipinski definition) is 0. The van der Waals surface area contributed by atoms with Crippen LogP contribution in [-0.4, -0.2) is 5.38 Å². The molecule has 0 aromatic heterocycles. The molecule has 0 aliphatic carbocycles. The highest BCUT2D eigenvalue weighted by Gasteiger charge is 1.99. The lowest BCUT2D eigenvalue weighted by atomic mass is 10.1. The van der Waals surface area contributed by atoms with Crippen LogP contribution in [0.3, 0.4) is 0 Å². The van der Waals surface area contributed by atoms with Crippen LogP contribution in [0.15, 0.2) is 42.5 Å². The zero-order chi connectivity index (χ0) is 8.81. The van der Waals surface area contributed by atoms with Gasteiger partial charge in [-0.15, -0.1) is 11.6 Å². The smallest absolute Gasteiger partial charge is 0.0556 e. The van der Waals surface area contributed by atoms with Gasteiger partial charge in [0.2, 0.25) is 0 Å². The lowest BCUT2D eigenvalue weighted by Crippen LogP contribution is -1.98. The summed E-state index contributed by atoms with van der Waals surface area (Å²) in [5.41, 5.74) is 1.29. The summed E-state index contributed by atoms with van der Waals surface area (Å²) in [6.07, 6.45) is 4.90. The normalized spacial score (nSPS) is 13.5. The first-order chi connectivity index (χ1) is 5.83. The van der Waals surface area contributed by atoms with Crippen LogP contribution in [0.5, 0.6) is 0 Å². The third kappa shape index (κ3) is 3.10. The minimum atomic E-state index is 0.123. The molecule has 0 fully saturated rings. The van der Waals surface area contributed by atoms with Crippen molar-refractivity contribution in [1.29, 1.82) is 0 Å². The van der Waals surface area contributed by atoms with Crippen molar-refractivity contribution in [1.82, 2.24) is 0 Å². The van der Waals surface area contributed by atoms with E-state index in [1.54, 1.807) is 0 Å². The van der Waals surface area contributed by atoms with Gasteiger partial charge >= 0.3 is 0 Å². The first-order valence-corrected chi connectivity index (χ1v) is 4.57. The number of halogens is 1. The van der Waals surface area contributed by atoms with E-state index in [0.717, 1.165) is 6.42 Å². The van der Waals surface area contributed by atoms with Crippen molar-refractivity contribution in [2.45, 2.75) is 18.7 Å². The van der Waals surface area contributed by atoms with Crippen LogP contribution in [0, 0.1) is 0 Å². The third-order valence-electron chi connectivity index (χ3n) is 1.67. The molecule has 0 heterocycles. The fraction of sp³-hybridized carbons (Fsp3) is 0.273. The number of hydrogen-bond acceptors (Lipinski definition) is 0. The van der Waals surface area contributed by atoms with E-state index >= 15 is 0 Å². The van der Waals surface area contributed by atoms with Gasteiger partial charge < -0.3 is 0 Å². The van der Waals surface area contributed by atoms with Crippen LogP contribution in [0.4, 0.5) is 0 Å². The third-order valence-corrected chi connectivity index (χ3v) is 1.97. The fourth-order valence-electron chi connectivity index (χ4n) is 1.12. The fourth-order valence-corrected chi connectivity index (χ4v) is 1.44. The molecular weight excluding hydrogens is 168 g/mol. The second kappa shape index (κ2) is 5.00. The van der Waals surface area contributed by atoms with Crippen LogP contribution >= 0.6 is 11.6 Å². The molecule has 0 bridgehead atoms. The van der Waals surface area contributed by atoms with Crippen molar-refractivity contribution in [3.63, 3.8) is 0 Å². The van der Waals surface area contributed by atoms with Gasteiger partial charge in [-0.25, -0.2) is 0 Å². The van der Waals surface area contributed by atoms with Gasteiger partial charge in [0.15, 0.2) is 0 Å². The Hall–Kier alpha value is -0.750. The molecule has 1 atom stereocenters. The molecular formula is C11H13Cl. The van der Waals surface area contributed by atoms with E-state index in [2.05, 4.69) is 12.1 Å². The summed E-state index contributed by atoms with van der Waals surface area (Å²) < 4.78 is 0. The summed E-state index contributed by atoms with van der Waals surface area (Å²) in [5.74, 6) is 0. The monoisotopic (exact) mass is 180 g/mol. The predicted molar refractivity (Wildman–Crippen MR) is 54.6 cm³/mol. The minimum Gasteiger partial charge on any atom is -0.118 e. The maximum absolute atomic E-state index is 6.03. The second-order valence-corrected chi connectivity index (χ2v) is 3.29. The van der Waals surface area contributed by atoms with Crippen molar-refractivity contribution >= 4 is 11.6 Å². The van der Waals surface area contributed by atoms with Crippen LogP contribution < -0.4 is 0 Å². The van der Waals surface area contributed by atoms with Crippen molar-refractivity contribution in [3.8, 4) is 0 Å². The number of allylic oxidation sites excluding steroid dienone is 2. The zero-order valence-corrected chi connectivity index (χ0v) is 7.96. The summed E-state index contributed by atoms with van der Waals surface area (Å²) in [6, 6.07) is 10.3. The van der Waals surface area contributed by atoms with E-state index in [-0.39, 0.29) is 5.38 Å². The predicted octanol–water partition coefficient (Wildman–Crippen LogP) is 3.41. The van der Waals surface area contributed by atoms with Crippen LogP contribution in [-0.2, 0) is 6.42 Å². The molecule has 1 aromatic rings. The lowest BCUT2D eigenvalue weighted by Gasteiger charge is -2.02. The topological polar surface area (TPSA) is 0 Å². The summed E-state index contributed by atoms with van der Waals surface area (Å²) in [7, 11) is 0. The molecule has 64 valence electrons. The Balaban J connectivity index is 2.52. The Bertz CT molecular complexity index is 238. The molecule has 0 spiro atoms. The standard InChI is InChI=1S/C11H13Cl/c1-2-6-11(12)9-10-7-4-3-5-8-10/h2-8,11H,9H2,1H3. The van der Waals surface area contributed by atoms with Gasteiger partial charge in [-0.05, 0) is 18.9 Å². The quantitative estimate of drug-likeness (QED) is 0.494. The van der Waals surface area contributed by atoms with Crippen LogP contribution in [0.2, 0.25) is 0 Å². The minimum absolute atomic E-state index is 0.123. The van der Waals surface area contributed by atoms with Crippen molar-refractivity contribution in [2.24, 2.45) is 0 Å². The van der Waals surface area contributed by atoms with Crippen molar-refractivity contribution < 1.29 is 0 Å². The van der Waals surface area contributed by atoms with E-state index in [9.17, 15) is 0 Å². The summed E-state index contributed by atoms with van der Waals surface area (Å²) in [4.78, 5) is 0. The van der Waals surface area contributed by atoms with E-state index < -0.39 is 0 Å². The summed E-state index contributed by atoms with van der Waals surface area (Å²) >= 11 is 6.03. The number of benzene rings is 1. The molecule has 0 N–H and O–H groups in total.